The highest BCUT2D eigenvalue weighted by molar-refractivity contribution is 7.51. The van der Waals surface area contributed by atoms with E-state index < -0.39 is 54.0 Å². The van der Waals surface area contributed by atoms with Crippen LogP contribution in [0, 0.1) is 18.8 Å². The number of ether oxygens (including phenoxy) is 1. The number of rotatable bonds is 9. The summed E-state index contributed by atoms with van der Waals surface area (Å²) in [5.41, 5.74) is -0.603. The molecule has 0 bridgehead atoms. The SMILES string of the molecule is CCc1nc(C(=O)NCC2(O)CCC(C)CC2)c(C)n1-c1ncc(CC(C)C(F)(F)F)cc1OC(F)F.O=S=O. The zero-order valence-electron chi connectivity index (χ0n) is 22.6. The predicted octanol–water partition coefficient (Wildman–Crippen LogP) is 4.48. The summed E-state index contributed by atoms with van der Waals surface area (Å²) in [6.45, 7) is 3.23. The van der Waals surface area contributed by atoms with Crippen molar-refractivity contribution in [3.63, 3.8) is 0 Å². The lowest BCUT2D eigenvalue weighted by Gasteiger charge is -2.34. The molecule has 0 spiro atoms. The molecule has 1 amide bonds. The molecule has 2 aromatic rings. The molecule has 2 heterocycles. The highest BCUT2D eigenvalue weighted by Crippen LogP contribution is 2.33. The van der Waals surface area contributed by atoms with Gasteiger partial charge in [0.2, 0.25) is 0 Å². The molecule has 9 nitrogen and oxygen atoms in total. The van der Waals surface area contributed by atoms with Crippen LogP contribution in [0.3, 0.4) is 0 Å². The molecule has 1 aliphatic rings. The summed E-state index contributed by atoms with van der Waals surface area (Å²) in [7, 11) is 0. The van der Waals surface area contributed by atoms with E-state index in [2.05, 4.69) is 26.9 Å². The standard InChI is InChI=1S/C25H33F5N4O3.O2S/c1-5-19-33-20(22(35)32-13-24(36)8-6-14(2)7-9-24)16(4)34(19)21-18(37-23(26)27)11-17(12-31-21)10-15(3)25(28,29)30;1-3-2/h11-12,14-15,23,36H,5-10,13H2,1-4H3,(H,32,35);. The Kier molecular flexibility index (Phi) is 11.7. The third-order valence-corrected chi connectivity index (χ3v) is 6.91. The van der Waals surface area contributed by atoms with Crippen molar-refractivity contribution in [1.82, 2.24) is 19.9 Å². The zero-order chi connectivity index (χ0) is 30.3. The van der Waals surface area contributed by atoms with E-state index in [4.69, 9.17) is 8.42 Å². The van der Waals surface area contributed by atoms with Gasteiger partial charge in [-0.15, -0.1) is 0 Å². The summed E-state index contributed by atoms with van der Waals surface area (Å²) in [5.74, 6) is -1.93. The van der Waals surface area contributed by atoms with E-state index in [0.29, 0.717) is 36.7 Å². The maximum absolute atomic E-state index is 13.2. The first-order valence-corrected chi connectivity index (χ1v) is 13.3. The number of nitrogens with zero attached hydrogens (tertiary/aromatic N) is 3. The Morgan fingerprint density at radius 1 is 1.30 bits per heavy atom. The van der Waals surface area contributed by atoms with Gasteiger partial charge in [-0.2, -0.15) is 30.4 Å². The number of imidazole rings is 1. The van der Waals surface area contributed by atoms with Crippen LogP contribution in [0.5, 0.6) is 5.75 Å². The average molecular weight is 597 g/mol. The second kappa shape index (κ2) is 14.1. The number of pyridine rings is 1. The van der Waals surface area contributed by atoms with Gasteiger partial charge in [-0.3, -0.25) is 9.36 Å². The van der Waals surface area contributed by atoms with Crippen LogP contribution in [0.4, 0.5) is 22.0 Å². The van der Waals surface area contributed by atoms with E-state index in [0.717, 1.165) is 25.8 Å². The van der Waals surface area contributed by atoms with Gasteiger partial charge in [-0.05, 0) is 56.6 Å². The minimum atomic E-state index is -4.45. The first-order chi connectivity index (χ1) is 18.7. The summed E-state index contributed by atoms with van der Waals surface area (Å²) in [6, 6.07) is 1.11. The van der Waals surface area contributed by atoms with Crippen LogP contribution >= 0.6 is 0 Å². The van der Waals surface area contributed by atoms with E-state index >= 15 is 0 Å². The van der Waals surface area contributed by atoms with E-state index in [9.17, 15) is 31.9 Å². The van der Waals surface area contributed by atoms with Gasteiger partial charge in [-0.1, -0.05) is 20.8 Å². The van der Waals surface area contributed by atoms with E-state index in [1.165, 1.54) is 10.8 Å². The molecule has 1 fully saturated rings. The molecule has 0 saturated heterocycles. The predicted molar refractivity (Wildman–Crippen MR) is 135 cm³/mol. The molecule has 1 saturated carbocycles. The number of aliphatic hydroxyl groups is 1. The average Bonchev–Trinajstić information content (AvgIpc) is 3.20. The number of halogens is 5. The molecule has 2 aromatic heterocycles. The number of carbonyl (C=O) groups excluding carboxylic acids is 1. The molecular weight excluding hydrogens is 563 g/mol. The smallest absolute Gasteiger partial charge is 0.391 e. The fraction of sp³-hybridized carbons (Fsp3) is 0.640. The highest BCUT2D eigenvalue weighted by Gasteiger charge is 2.36. The third-order valence-electron chi connectivity index (χ3n) is 6.91. The summed E-state index contributed by atoms with van der Waals surface area (Å²) >= 11 is -0.750. The Bertz CT molecular complexity index is 1190. The maximum Gasteiger partial charge on any atom is 0.391 e. The van der Waals surface area contributed by atoms with Crippen LogP contribution in [-0.4, -0.2) is 58.9 Å². The number of nitrogens with one attached hydrogen (secondary N) is 1. The van der Waals surface area contributed by atoms with Gasteiger partial charge in [0, 0.05) is 19.2 Å². The molecule has 40 heavy (non-hydrogen) atoms. The number of aromatic nitrogens is 3. The molecule has 1 aliphatic carbocycles. The van der Waals surface area contributed by atoms with Crippen LogP contribution in [0.1, 0.15) is 74.0 Å². The maximum atomic E-state index is 13.2. The number of aryl methyl sites for hydroxylation is 1. The van der Waals surface area contributed by atoms with Gasteiger partial charge >= 0.3 is 24.4 Å². The summed E-state index contributed by atoms with van der Waals surface area (Å²) in [5, 5.41) is 13.5. The van der Waals surface area contributed by atoms with Crippen molar-refractivity contribution < 1.29 is 45.0 Å². The van der Waals surface area contributed by atoms with Crippen molar-refractivity contribution in [2.75, 3.05) is 6.54 Å². The van der Waals surface area contributed by atoms with Gasteiger partial charge in [0.05, 0.1) is 17.2 Å². The van der Waals surface area contributed by atoms with Crippen molar-refractivity contribution >= 4 is 17.5 Å². The lowest BCUT2D eigenvalue weighted by Crippen LogP contribution is -2.45. The molecule has 2 N–H and O–H groups in total. The number of alkyl halides is 5. The molecule has 224 valence electrons. The Morgan fingerprint density at radius 3 is 2.42 bits per heavy atom. The van der Waals surface area contributed by atoms with Crippen LogP contribution in [0.25, 0.3) is 5.82 Å². The molecule has 1 unspecified atom stereocenters. The summed E-state index contributed by atoms with van der Waals surface area (Å²) < 4.78 is 88.0. The number of carbonyl (C=O) groups is 1. The minimum Gasteiger partial charge on any atom is -0.431 e. The molecule has 0 radical (unpaired) electrons. The van der Waals surface area contributed by atoms with Crippen LogP contribution in [0.15, 0.2) is 12.3 Å². The van der Waals surface area contributed by atoms with Gasteiger partial charge in [0.1, 0.15) is 11.5 Å². The highest BCUT2D eigenvalue weighted by atomic mass is 32.1. The molecular formula is C25H33F5N4O5S. The monoisotopic (exact) mass is 596 g/mol. The minimum absolute atomic E-state index is 0.0317. The number of hydrogen-bond acceptors (Lipinski definition) is 7. The molecule has 3 rings (SSSR count). The van der Waals surface area contributed by atoms with E-state index in [-0.39, 0.29) is 23.6 Å². The van der Waals surface area contributed by atoms with Crippen molar-refractivity contribution in [3.05, 3.63) is 35.0 Å². The van der Waals surface area contributed by atoms with Gasteiger partial charge < -0.3 is 15.2 Å². The van der Waals surface area contributed by atoms with Crippen molar-refractivity contribution in [3.8, 4) is 11.6 Å². The molecule has 0 aliphatic heterocycles. The van der Waals surface area contributed by atoms with Gasteiger partial charge in [-0.25, -0.2) is 9.97 Å². The number of hydrogen-bond donors (Lipinski definition) is 2. The van der Waals surface area contributed by atoms with E-state index in [1.54, 1.807) is 13.8 Å². The lowest BCUT2D eigenvalue weighted by molar-refractivity contribution is -0.169. The second-order valence-corrected chi connectivity index (χ2v) is 10.1. The lowest BCUT2D eigenvalue weighted by atomic mass is 9.79. The van der Waals surface area contributed by atoms with Gasteiger partial charge in [0.15, 0.2) is 11.6 Å². The summed E-state index contributed by atoms with van der Waals surface area (Å²) in [6.07, 6.45) is -0.585. The Balaban J connectivity index is 0.00000178. The third kappa shape index (κ3) is 8.78. The largest absolute Gasteiger partial charge is 0.431 e. The van der Waals surface area contributed by atoms with Crippen LogP contribution in [0.2, 0.25) is 0 Å². The second-order valence-electron chi connectivity index (χ2n) is 10.00. The molecule has 15 heteroatoms. The van der Waals surface area contributed by atoms with Crippen molar-refractivity contribution in [2.45, 2.75) is 84.6 Å². The fourth-order valence-electron chi connectivity index (χ4n) is 4.51. The van der Waals surface area contributed by atoms with Gasteiger partial charge in [0.25, 0.3) is 5.91 Å². The zero-order valence-corrected chi connectivity index (χ0v) is 23.4. The fourth-order valence-corrected chi connectivity index (χ4v) is 4.51. The summed E-state index contributed by atoms with van der Waals surface area (Å²) in [4.78, 5) is 21.5. The normalized spacial score (nSPS) is 19.9. The molecule has 0 aromatic carbocycles. The van der Waals surface area contributed by atoms with E-state index in [1.807, 2.05) is 0 Å². The first-order valence-electron chi connectivity index (χ1n) is 12.7. The topological polar surface area (TPSA) is 123 Å². The Labute approximate surface area is 232 Å². The van der Waals surface area contributed by atoms with Crippen molar-refractivity contribution in [2.24, 2.45) is 11.8 Å². The van der Waals surface area contributed by atoms with Crippen LogP contribution < -0.4 is 10.1 Å². The first kappa shape index (κ1) is 33.3. The number of amides is 1. The van der Waals surface area contributed by atoms with Crippen molar-refractivity contribution in [1.29, 1.82) is 0 Å². The molecule has 1 atom stereocenters. The Hall–Kier alpha value is -2.94. The van der Waals surface area contributed by atoms with Crippen LogP contribution in [-0.2, 0) is 24.4 Å². The quantitative estimate of drug-likeness (QED) is 0.409. The Morgan fingerprint density at radius 2 is 1.90 bits per heavy atom.